The number of nitrogens with one attached hydrogen (secondary N) is 1. The molecule has 37 heavy (non-hydrogen) atoms. The standard InChI is InChI=1S/C29H35N3O4S/c1-20(33)24-11-12-25(37-24)28(36)31-16-13-29(14-17-31)15-18-32(19-29)27(35)22-9-5-6-10-23(22)30-26(34)21-7-3-2-4-8-21/h2-4,7-8,11-12,22-23H,5-6,9-10,13-19H2,1H3,(H,30,34). The number of thiophene rings is 1. The molecule has 196 valence electrons. The molecule has 0 radical (unpaired) electrons. The van der Waals surface area contributed by atoms with E-state index in [2.05, 4.69) is 5.32 Å². The van der Waals surface area contributed by atoms with E-state index in [1.54, 1.807) is 24.3 Å². The van der Waals surface area contributed by atoms with Gasteiger partial charge in [0.15, 0.2) is 5.78 Å². The third kappa shape index (κ3) is 5.49. The molecule has 1 aromatic carbocycles. The van der Waals surface area contributed by atoms with Gasteiger partial charge < -0.3 is 15.1 Å². The van der Waals surface area contributed by atoms with Crippen LogP contribution in [0.1, 0.15) is 81.6 Å². The summed E-state index contributed by atoms with van der Waals surface area (Å²) in [5.41, 5.74) is 0.685. The zero-order valence-electron chi connectivity index (χ0n) is 21.4. The summed E-state index contributed by atoms with van der Waals surface area (Å²) >= 11 is 1.27. The van der Waals surface area contributed by atoms with E-state index in [4.69, 9.17) is 0 Å². The fraction of sp³-hybridized carbons (Fsp3) is 0.517. The summed E-state index contributed by atoms with van der Waals surface area (Å²) in [4.78, 5) is 56.1. The summed E-state index contributed by atoms with van der Waals surface area (Å²) in [6.07, 6.45) is 6.40. The third-order valence-electron chi connectivity index (χ3n) is 8.46. The van der Waals surface area contributed by atoms with E-state index in [1.165, 1.54) is 18.3 Å². The first kappa shape index (κ1) is 25.6. The van der Waals surface area contributed by atoms with Gasteiger partial charge >= 0.3 is 0 Å². The van der Waals surface area contributed by atoms with Crippen LogP contribution >= 0.6 is 11.3 Å². The molecule has 1 aromatic heterocycles. The minimum atomic E-state index is -0.174. The SMILES string of the molecule is CC(=O)c1ccc(C(=O)N2CCC3(CC2)CCN(C(=O)C2CCCCC2NC(=O)c2ccccc2)C3)s1. The Morgan fingerprint density at radius 3 is 2.19 bits per heavy atom. The van der Waals surface area contributed by atoms with Crippen LogP contribution in [0.2, 0.25) is 0 Å². The van der Waals surface area contributed by atoms with Gasteiger partial charge in [-0.25, -0.2) is 0 Å². The van der Waals surface area contributed by atoms with Crippen LogP contribution in [0.5, 0.6) is 0 Å². The lowest BCUT2D eigenvalue weighted by Gasteiger charge is -2.39. The number of nitrogens with zero attached hydrogens (tertiary/aromatic N) is 2. The maximum atomic E-state index is 13.7. The number of carbonyl (C=O) groups excluding carboxylic acids is 4. The van der Waals surface area contributed by atoms with Crippen molar-refractivity contribution in [2.75, 3.05) is 26.2 Å². The lowest BCUT2D eigenvalue weighted by molar-refractivity contribution is -0.136. The Morgan fingerprint density at radius 1 is 0.865 bits per heavy atom. The topological polar surface area (TPSA) is 86.8 Å². The quantitative estimate of drug-likeness (QED) is 0.591. The van der Waals surface area contributed by atoms with Gasteiger partial charge in [0.1, 0.15) is 0 Å². The van der Waals surface area contributed by atoms with Gasteiger partial charge in [-0.2, -0.15) is 0 Å². The van der Waals surface area contributed by atoms with E-state index in [-0.39, 0.29) is 40.9 Å². The monoisotopic (exact) mass is 521 g/mol. The van der Waals surface area contributed by atoms with Crippen LogP contribution in [0.4, 0.5) is 0 Å². The zero-order chi connectivity index (χ0) is 26.0. The number of ketones is 1. The highest BCUT2D eigenvalue weighted by molar-refractivity contribution is 7.15. The third-order valence-corrected chi connectivity index (χ3v) is 9.63. The number of rotatable bonds is 5. The largest absolute Gasteiger partial charge is 0.349 e. The fourth-order valence-electron chi connectivity index (χ4n) is 6.19. The van der Waals surface area contributed by atoms with E-state index in [0.29, 0.717) is 28.4 Å². The Hall–Kier alpha value is -3.00. The van der Waals surface area contributed by atoms with Crippen LogP contribution in [-0.2, 0) is 4.79 Å². The van der Waals surface area contributed by atoms with Crippen LogP contribution in [0.3, 0.4) is 0 Å². The zero-order valence-corrected chi connectivity index (χ0v) is 22.2. The van der Waals surface area contributed by atoms with Crippen molar-refractivity contribution in [1.29, 1.82) is 0 Å². The van der Waals surface area contributed by atoms with Crippen molar-refractivity contribution in [3.05, 3.63) is 57.8 Å². The molecule has 2 atom stereocenters. The minimum absolute atomic E-state index is 0.00233. The molecule has 7 nitrogen and oxygen atoms in total. The lowest BCUT2D eigenvalue weighted by Crippen LogP contribution is -2.50. The minimum Gasteiger partial charge on any atom is -0.349 e. The number of carbonyl (C=O) groups is 4. The number of piperidine rings is 1. The van der Waals surface area contributed by atoms with E-state index in [1.807, 2.05) is 28.0 Å². The second kappa shape index (κ2) is 10.8. The molecular weight excluding hydrogens is 486 g/mol. The summed E-state index contributed by atoms with van der Waals surface area (Å²) in [5.74, 6) is -0.132. The Kier molecular flexibility index (Phi) is 7.47. The lowest BCUT2D eigenvalue weighted by atomic mass is 9.77. The molecule has 8 heteroatoms. The first-order chi connectivity index (χ1) is 17.8. The van der Waals surface area contributed by atoms with Gasteiger partial charge in [0, 0.05) is 37.8 Å². The maximum Gasteiger partial charge on any atom is 0.263 e. The molecule has 2 aromatic rings. The van der Waals surface area contributed by atoms with Gasteiger partial charge in [-0.3, -0.25) is 19.2 Å². The van der Waals surface area contributed by atoms with Crippen molar-refractivity contribution in [2.24, 2.45) is 11.3 Å². The summed E-state index contributed by atoms with van der Waals surface area (Å²) in [6.45, 7) is 4.35. The smallest absolute Gasteiger partial charge is 0.263 e. The first-order valence-electron chi connectivity index (χ1n) is 13.4. The molecule has 2 unspecified atom stereocenters. The van der Waals surface area contributed by atoms with Crippen molar-refractivity contribution in [1.82, 2.24) is 15.1 Å². The second-order valence-corrected chi connectivity index (χ2v) is 11.9. The van der Waals surface area contributed by atoms with Crippen molar-refractivity contribution in [3.8, 4) is 0 Å². The number of Topliss-reactive ketones (excluding diaryl/α,β-unsaturated/α-hetero) is 1. The average molecular weight is 522 g/mol. The summed E-state index contributed by atoms with van der Waals surface area (Å²) in [7, 11) is 0. The van der Waals surface area contributed by atoms with Crippen LogP contribution in [0.15, 0.2) is 42.5 Å². The molecule has 1 spiro atoms. The normalized spacial score (nSPS) is 23.2. The predicted octanol–water partition coefficient (Wildman–Crippen LogP) is 4.39. The van der Waals surface area contributed by atoms with Gasteiger partial charge in [0.05, 0.1) is 15.7 Å². The van der Waals surface area contributed by atoms with Crippen molar-refractivity contribution in [2.45, 2.75) is 57.9 Å². The van der Waals surface area contributed by atoms with Gasteiger partial charge in [-0.1, -0.05) is 31.0 Å². The molecule has 3 amide bonds. The van der Waals surface area contributed by atoms with Crippen LogP contribution in [-0.4, -0.2) is 65.5 Å². The molecule has 5 rings (SSSR count). The molecule has 2 aliphatic heterocycles. The molecule has 1 saturated carbocycles. The van der Waals surface area contributed by atoms with Crippen LogP contribution < -0.4 is 5.32 Å². The molecule has 1 N–H and O–H groups in total. The molecular formula is C29H35N3O4S. The Balaban J connectivity index is 1.17. The Labute approximate surface area is 222 Å². The summed E-state index contributed by atoms with van der Waals surface area (Å²) in [5, 5.41) is 3.15. The molecule has 0 bridgehead atoms. The molecule has 2 saturated heterocycles. The van der Waals surface area contributed by atoms with E-state index >= 15 is 0 Å². The van der Waals surface area contributed by atoms with E-state index in [9.17, 15) is 19.2 Å². The second-order valence-electron chi connectivity index (χ2n) is 10.9. The Bertz CT molecular complexity index is 1170. The number of hydrogen-bond acceptors (Lipinski definition) is 5. The van der Waals surface area contributed by atoms with Gasteiger partial charge in [0.2, 0.25) is 5.91 Å². The fourth-order valence-corrected chi connectivity index (χ4v) is 7.06. The Morgan fingerprint density at radius 2 is 1.51 bits per heavy atom. The highest BCUT2D eigenvalue weighted by Gasteiger charge is 2.45. The van der Waals surface area contributed by atoms with Crippen molar-refractivity contribution < 1.29 is 19.2 Å². The highest BCUT2D eigenvalue weighted by atomic mass is 32.1. The van der Waals surface area contributed by atoms with Crippen LogP contribution in [0.25, 0.3) is 0 Å². The van der Waals surface area contributed by atoms with Crippen molar-refractivity contribution >= 4 is 34.8 Å². The van der Waals surface area contributed by atoms with Crippen molar-refractivity contribution in [3.63, 3.8) is 0 Å². The average Bonchev–Trinajstić information content (AvgIpc) is 3.58. The molecule has 1 aliphatic carbocycles. The van der Waals surface area contributed by atoms with E-state index < -0.39 is 0 Å². The van der Waals surface area contributed by atoms with Crippen LogP contribution in [0, 0.1) is 11.3 Å². The summed E-state index contributed by atoms with van der Waals surface area (Å²) in [6, 6.07) is 12.5. The number of benzene rings is 1. The molecule has 3 fully saturated rings. The van der Waals surface area contributed by atoms with Gasteiger partial charge in [0.25, 0.3) is 11.8 Å². The summed E-state index contributed by atoms with van der Waals surface area (Å²) < 4.78 is 0. The molecule has 3 aliphatic rings. The first-order valence-corrected chi connectivity index (χ1v) is 14.2. The maximum absolute atomic E-state index is 13.7. The highest BCUT2D eigenvalue weighted by Crippen LogP contribution is 2.42. The predicted molar refractivity (Wildman–Crippen MR) is 143 cm³/mol. The van der Waals surface area contributed by atoms with Gasteiger partial charge in [-0.15, -0.1) is 11.3 Å². The number of hydrogen-bond donors (Lipinski definition) is 1. The number of likely N-dealkylation sites (tertiary alicyclic amines) is 2. The number of amides is 3. The van der Waals surface area contributed by atoms with Gasteiger partial charge in [-0.05, 0) is 68.7 Å². The molecule has 3 heterocycles. The van der Waals surface area contributed by atoms with E-state index in [0.717, 1.165) is 58.0 Å².